The molecular formula is C21H21F2N3O3. The zero-order chi connectivity index (χ0) is 20.4. The third-order valence-corrected chi connectivity index (χ3v) is 5.20. The van der Waals surface area contributed by atoms with Crippen molar-refractivity contribution in [2.75, 3.05) is 20.2 Å². The minimum atomic E-state index is -2.99. The van der Waals surface area contributed by atoms with Crippen molar-refractivity contribution in [3.63, 3.8) is 0 Å². The molecule has 4 rings (SSSR count). The highest BCUT2D eigenvalue weighted by atomic mass is 19.3. The molecule has 1 aromatic heterocycles. The molecule has 0 saturated carbocycles. The number of hydrogen-bond acceptors (Lipinski definition) is 4. The topological polar surface area (TPSA) is 67.5 Å². The van der Waals surface area contributed by atoms with E-state index >= 15 is 0 Å². The second-order valence-electron chi connectivity index (χ2n) is 6.95. The third-order valence-electron chi connectivity index (χ3n) is 5.20. The number of amides is 1. The van der Waals surface area contributed by atoms with Gasteiger partial charge in [-0.05, 0) is 43.2 Å². The normalized spacial score (nSPS) is 15.1. The zero-order valence-electron chi connectivity index (χ0n) is 15.9. The molecule has 3 aromatic rings. The fourth-order valence-corrected chi connectivity index (χ4v) is 3.70. The molecule has 0 atom stereocenters. The number of aromatic amines is 1. The zero-order valence-corrected chi connectivity index (χ0v) is 15.9. The lowest BCUT2D eigenvalue weighted by atomic mass is 9.95. The van der Waals surface area contributed by atoms with E-state index in [1.54, 1.807) is 11.0 Å². The standard InChI is InChI=1S/C21H21F2N3O3/c1-28-17-7-6-14(12-18(17)29-21(22)23)20(27)26-10-8-13(9-11-26)19-24-15-4-2-3-5-16(15)25-19/h2-7,12-13,21H,8-11H2,1H3,(H,24,25). The number of hydrogen-bond donors (Lipinski definition) is 1. The average Bonchev–Trinajstić information content (AvgIpc) is 3.17. The Bertz CT molecular complexity index is 980. The van der Waals surface area contributed by atoms with Gasteiger partial charge in [-0.3, -0.25) is 4.79 Å². The van der Waals surface area contributed by atoms with Gasteiger partial charge < -0.3 is 19.4 Å². The quantitative estimate of drug-likeness (QED) is 0.696. The molecule has 152 valence electrons. The number of nitrogens with zero attached hydrogens (tertiary/aromatic N) is 2. The molecule has 2 aromatic carbocycles. The van der Waals surface area contributed by atoms with Crippen LogP contribution in [0.25, 0.3) is 11.0 Å². The Morgan fingerprint density at radius 2 is 1.93 bits per heavy atom. The number of para-hydroxylation sites is 2. The minimum absolute atomic E-state index is 0.148. The van der Waals surface area contributed by atoms with Crippen molar-refractivity contribution in [2.24, 2.45) is 0 Å². The monoisotopic (exact) mass is 401 g/mol. The molecule has 1 N–H and O–H groups in total. The van der Waals surface area contributed by atoms with Crippen molar-refractivity contribution in [2.45, 2.75) is 25.4 Å². The smallest absolute Gasteiger partial charge is 0.387 e. The van der Waals surface area contributed by atoms with Gasteiger partial charge in [-0.25, -0.2) is 4.98 Å². The van der Waals surface area contributed by atoms with Gasteiger partial charge in [0.2, 0.25) is 0 Å². The molecule has 0 unspecified atom stereocenters. The van der Waals surface area contributed by atoms with Crippen LogP contribution in [0.3, 0.4) is 0 Å². The number of piperidine rings is 1. The van der Waals surface area contributed by atoms with Crippen LogP contribution in [0.2, 0.25) is 0 Å². The van der Waals surface area contributed by atoms with Crippen molar-refractivity contribution >= 4 is 16.9 Å². The lowest BCUT2D eigenvalue weighted by Gasteiger charge is -2.31. The van der Waals surface area contributed by atoms with Crippen LogP contribution in [0.5, 0.6) is 11.5 Å². The van der Waals surface area contributed by atoms with Crippen LogP contribution < -0.4 is 9.47 Å². The molecule has 0 bridgehead atoms. The number of benzene rings is 2. The summed E-state index contributed by atoms with van der Waals surface area (Å²) in [6, 6.07) is 12.2. The summed E-state index contributed by atoms with van der Waals surface area (Å²) in [7, 11) is 1.36. The molecule has 6 nitrogen and oxygen atoms in total. The molecule has 1 fully saturated rings. The second kappa shape index (κ2) is 8.06. The first-order valence-corrected chi connectivity index (χ1v) is 9.42. The first-order chi connectivity index (χ1) is 14.0. The summed E-state index contributed by atoms with van der Waals surface area (Å²) in [5.74, 6) is 0.987. The lowest BCUT2D eigenvalue weighted by Crippen LogP contribution is -2.38. The highest BCUT2D eigenvalue weighted by Crippen LogP contribution is 2.32. The van der Waals surface area contributed by atoms with Crippen LogP contribution in [-0.2, 0) is 0 Å². The number of imidazole rings is 1. The van der Waals surface area contributed by atoms with Crippen LogP contribution in [0.15, 0.2) is 42.5 Å². The number of rotatable bonds is 5. The Kier molecular flexibility index (Phi) is 5.33. The van der Waals surface area contributed by atoms with E-state index in [0.29, 0.717) is 18.7 Å². The number of carbonyl (C=O) groups is 1. The molecule has 2 heterocycles. The Balaban J connectivity index is 1.44. The van der Waals surface area contributed by atoms with E-state index in [9.17, 15) is 13.6 Å². The van der Waals surface area contributed by atoms with Crippen LogP contribution in [0, 0.1) is 0 Å². The molecule has 0 spiro atoms. The van der Waals surface area contributed by atoms with Crippen LogP contribution in [0.1, 0.15) is 34.9 Å². The van der Waals surface area contributed by atoms with Crippen molar-refractivity contribution < 1.29 is 23.0 Å². The van der Waals surface area contributed by atoms with Gasteiger partial charge in [0.1, 0.15) is 5.82 Å². The van der Waals surface area contributed by atoms with E-state index in [-0.39, 0.29) is 23.3 Å². The van der Waals surface area contributed by atoms with Gasteiger partial charge in [-0.15, -0.1) is 0 Å². The van der Waals surface area contributed by atoms with Gasteiger partial charge >= 0.3 is 6.61 Å². The second-order valence-corrected chi connectivity index (χ2v) is 6.95. The fraction of sp³-hybridized carbons (Fsp3) is 0.333. The number of H-pyrrole nitrogens is 1. The van der Waals surface area contributed by atoms with Crippen LogP contribution >= 0.6 is 0 Å². The number of aromatic nitrogens is 2. The fourth-order valence-electron chi connectivity index (χ4n) is 3.70. The molecule has 1 aliphatic rings. The lowest BCUT2D eigenvalue weighted by molar-refractivity contribution is -0.0512. The van der Waals surface area contributed by atoms with E-state index < -0.39 is 6.61 Å². The Morgan fingerprint density at radius 3 is 2.62 bits per heavy atom. The maximum absolute atomic E-state index is 12.8. The molecule has 29 heavy (non-hydrogen) atoms. The number of carbonyl (C=O) groups excluding carboxylic acids is 1. The minimum Gasteiger partial charge on any atom is -0.493 e. The van der Waals surface area contributed by atoms with Crippen molar-refractivity contribution in [3.8, 4) is 11.5 Å². The summed E-state index contributed by atoms with van der Waals surface area (Å²) in [6.07, 6.45) is 1.56. The Morgan fingerprint density at radius 1 is 1.17 bits per heavy atom. The maximum Gasteiger partial charge on any atom is 0.387 e. The average molecular weight is 401 g/mol. The van der Waals surface area contributed by atoms with Crippen molar-refractivity contribution in [1.82, 2.24) is 14.9 Å². The van der Waals surface area contributed by atoms with E-state index in [1.165, 1.54) is 19.2 Å². The first-order valence-electron chi connectivity index (χ1n) is 9.42. The number of nitrogens with one attached hydrogen (secondary N) is 1. The van der Waals surface area contributed by atoms with E-state index in [2.05, 4.69) is 14.7 Å². The number of halogens is 2. The van der Waals surface area contributed by atoms with Gasteiger partial charge in [0, 0.05) is 24.6 Å². The maximum atomic E-state index is 12.8. The summed E-state index contributed by atoms with van der Waals surface area (Å²) in [6.45, 7) is -1.86. The Labute approximate surface area is 166 Å². The van der Waals surface area contributed by atoms with Crippen LogP contribution in [0.4, 0.5) is 8.78 Å². The Hall–Kier alpha value is -3.16. The third kappa shape index (κ3) is 4.01. The van der Waals surface area contributed by atoms with E-state index in [0.717, 1.165) is 29.7 Å². The highest BCUT2D eigenvalue weighted by Gasteiger charge is 2.27. The largest absolute Gasteiger partial charge is 0.493 e. The van der Waals surface area contributed by atoms with Crippen molar-refractivity contribution in [3.05, 3.63) is 53.9 Å². The SMILES string of the molecule is COc1ccc(C(=O)N2CCC(c3nc4ccccc4[nH]3)CC2)cc1OC(F)F. The summed E-state index contributed by atoms with van der Waals surface area (Å²) in [5.41, 5.74) is 2.24. The van der Waals surface area contributed by atoms with Gasteiger partial charge in [0.15, 0.2) is 11.5 Å². The summed E-state index contributed by atoms with van der Waals surface area (Å²) < 4.78 is 34.7. The first kappa shape index (κ1) is 19.2. The molecule has 8 heteroatoms. The molecule has 1 amide bonds. The van der Waals surface area contributed by atoms with E-state index in [1.807, 2.05) is 24.3 Å². The predicted molar refractivity (Wildman–Crippen MR) is 104 cm³/mol. The van der Waals surface area contributed by atoms with Gasteiger partial charge in [0.25, 0.3) is 5.91 Å². The molecule has 1 saturated heterocycles. The van der Waals surface area contributed by atoms with Gasteiger partial charge in [-0.2, -0.15) is 8.78 Å². The predicted octanol–water partition coefficient (Wildman–Crippen LogP) is 4.19. The van der Waals surface area contributed by atoms with E-state index in [4.69, 9.17) is 4.74 Å². The van der Waals surface area contributed by atoms with Gasteiger partial charge in [0.05, 0.1) is 18.1 Å². The molecular weight excluding hydrogens is 380 g/mol. The number of ether oxygens (including phenoxy) is 2. The molecule has 1 aliphatic heterocycles. The summed E-state index contributed by atoms with van der Waals surface area (Å²) in [5, 5.41) is 0. The number of alkyl halides is 2. The number of likely N-dealkylation sites (tertiary alicyclic amines) is 1. The van der Waals surface area contributed by atoms with Crippen LogP contribution in [-0.4, -0.2) is 47.6 Å². The van der Waals surface area contributed by atoms with Crippen molar-refractivity contribution in [1.29, 1.82) is 0 Å². The number of methoxy groups -OCH3 is 1. The number of fused-ring (bicyclic) bond motifs is 1. The summed E-state index contributed by atoms with van der Waals surface area (Å²) in [4.78, 5) is 22.6. The molecule has 0 radical (unpaired) electrons. The molecule has 0 aliphatic carbocycles. The summed E-state index contributed by atoms with van der Waals surface area (Å²) >= 11 is 0. The highest BCUT2D eigenvalue weighted by molar-refractivity contribution is 5.95. The van der Waals surface area contributed by atoms with Gasteiger partial charge in [-0.1, -0.05) is 12.1 Å².